The maximum absolute atomic E-state index is 9.32. The van der Waals surface area contributed by atoms with Crippen molar-refractivity contribution in [3.8, 4) is 0 Å². The van der Waals surface area contributed by atoms with Crippen LogP contribution in [0.3, 0.4) is 0 Å². The second-order valence-electron chi connectivity index (χ2n) is 3.08. The summed E-state index contributed by atoms with van der Waals surface area (Å²) in [6.07, 6.45) is -0.0761. The van der Waals surface area contributed by atoms with Gasteiger partial charge in [-0.05, 0) is 13.3 Å². The van der Waals surface area contributed by atoms with Gasteiger partial charge in [-0.15, -0.1) is 0 Å². The molecule has 0 aromatic carbocycles. The summed E-state index contributed by atoms with van der Waals surface area (Å²) >= 11 is 0. The van der Waals surface area contributed by atoms with Gasteiger partial charge in [-0.3, -0.25) is 0 Å². The summed E-state index contributed by atoms with van der Waals surface area (Å²) in [4.78, 5) is 0. The predicted octanol–water partition coefficient (Wildman–Crippen LogP) is -1.19. The highest BCUT2D eigenvalue weighted by Gasteiger charge is 2.31. The molecule has 1 saturated heterocycles. The van der Waals surface area contributed by atoms with Gasteiger partial charge in [0.05, 0.1) is 18.3 Å². The molecule has 0 bridgehead atoms. The highest BCUT2D eigenvalue weighted by atomic mass is 16.5. The van der Waals surface area contributed by atoms with Crippen molar-refractivity contribution in [2.45, 2.75) is 37.7 Å². The van der Waals surface area contributed by atoms with Crippen molar-refractivity contribution in [2.24, 2.45) is 11.5 Å². The average Bonchev–Trinajstić information content (AvgIpc) is 1.97. The van der Waals surface area contributed by atoms with Crippen LogP contribution < -0.4 is 11.5 Å². The van der Waals surface area contributed by atoms with E-state index in [1.165, 1.54) is 0 Å². The summed E-state index contributed by atoms with van der Waals surface area (Å²) < 4.78 is 5.36. The molecule has 1 aliphatic heterocycles. The maximum Gasteiger partial charge on any atom is 0.0853 e. The largest absolute Gasteiger partial charge is 0.390 e. The molecule has 4 heteroatoms. The standard InChI is InChI=1S/C7H16N2O2/c1-4-6(10)2-5(9)7(3-8)11-4/h4-7,10H,2-3,8-9H2,1H3/t4-,5+,6-,7-/m1/s1. The minimum absolute atomic E-state index is 0.0894. The van der Waals surface area contributed by atoms with E-state index in [1.54, 1.807) is 0 Å². The Bertz CT molecular complexity index is 132. The number of aliphatic hydroxyl groups excluding tert-OH is 1. The lowest BCUT2D eigenvalue weighted by atomic mass is 9.97. The van der Waals surface area contributed by atoms with Gasteiger partial charge in [-0.1, -0.05) is 0 Å². The highest BCUT2D eigenvalue weighted by molar-refractivity contribution is 4.85. The first-order valence-electron chi connectivity index (χ1n) is 3.94. The molecular formula is C7H16N2O2. The predicted molar refractivity (Wildman–Crippen MR) is 42.0 cm³/mol. The van der Waals surface area contributed by atoms with E-state index in [0.29, 0.717) is 13.0 Å². The van der Waals surface area contributed by atoms with Gasteiger partial charge in [0.25, 0.3) is 0 Å². The van der Waals surface area contributed by atoms with Crippen molar-refractivity contribution < 1.29 is 9.84 Å². The third-order valence-electron chi connectivity index (χ3n) is 2.15. The topological polar surface area (TPSA) is 81.5 Å². The van der Waals surface area contributed by atoms with Gasteiger partial charge in [-0.2, -0.15) is 0 Å². The van der Waals surface area contributed by atoms with E-state index < -0.39 is 6.10 Å². The van der Waals surface area contributed by atoms with Gasteiger partial charge < -0.3 is 21.3 Å². The fourth-order valence-corrected chi connectivity index (χ4v) is 1.32. The Balaban J connectivity index is 2.48. The molecule has 4 atom stereocenters. The van der Waals surface area contributed by atoms with Crippen LogP contribution >= 0.6 is 0 Å². The molecule has 0 aromatic heterocycles. The van der Waals surface area contributed by atoms with Gasteiger partial charge in [0.2, 0.25) is 0 Å². The van der Waals surface area contributed by atoms with Crippen molar-refractivity contribution >= 4 is 0 Å². The molecule has 0 aliphatic carbocycles. The van der Waals surface area contributed by atoms with Gasteiger partial charge in [0.1, 0.15) is 0 Å². The maximum atomic E-state index is 9.32. The number of rotatable bonds is 1. The third-order valence-corrected chi connectivity index (χ3v) is 2.15. The molecule has 0 spiro atoms. The van der Waals surface area contributed by atoms with Crippen molar-refractivity contribution in [3.05, 3.63) is 0 Å². The normalized spacial score (nSPS) is 45.8. The fourth-order valence-electron chi connectivity index (χ4n) is 1.32. The first kappa shape index (κ1) is 8.93. The summed E-state index contributed by atoms with van der Waals surface area (Å²) in [5.41, 5.74) is 11.1. The second kappa shape index (κ2) is 3.49. The quantitative estimate of drug-likeness (QED) is 0.450. The van der Waals surface area contributed by atoms with E-state index >= 15 is 0 Å². The Morgan fingerprint density at radius 2 is 2.27 bits per heavy atom. The lowest BCUT2D eigenvalue weighted by molar-refractivity contribution is -0.113. The molecule has 0 amide bonds. The molecule has 0 unspecified atom stereocenters. The first-order valence-corrected chi connectivity index (χ1v) is 3.94. The van der Waals surface area contributed by atoms with Gasteiger partial charge >= 0.3 is 0 Å². The van der Waals surface area contributed by atoms with Crippen molar-refractivity contribution in [3.63, 3.8) is 0 Å². The zero-order chi connectivity index (χ0) is 8.43. The van der Waals surface area contributed by atoms with E-state index in [4.69, 9.17) is 16.2 Å². The van der Waals surface area contributed by atoms with E-state index in [2.05, 4.69) is 0 Å². The minimum Gasteiger partial charge on any atom is -0.390 e. The summed E-state index contributed by atoms with van der Waals surface area (Å²) in [5, 5.41) is 9.32. The molecule has 4 nitrogen and oxygen atoms in total. The van der Waals surface area contributed by atoms with E-state index in [-0.39, 0.29) is 18.2 Å². The molecule has 0 aromatic rings. The van der Waals surface area contributed by atoms with Crippen LogP contribution in [-0.2, 0) is 4.74 Å². The van der Waals surface area contributed by atoms with Crippen molar-refractivity contribution in [1.82, 2.24) is 0 Å². The van der Waals surface area contributed by atoms with Crippen LogP contribution in [0.1, 0.15) is 13.3 Å². The number of nitrogens with two attached hydrogens (primary N) is 2. The lowest BCUT2D eigenvalue weighted by Gasteiger charge is -2.35. The summed E-state index contributed by atoms with van der Waals surface area (Å²) in [6.45, 7) is 2.26. The van der Waals surface area contributed by atoms with Crippen LogP contribution in [0.2, 0.25) is 0 Å². The van der Waals surface area contributed by atoms with Gasteiger partial charge in [-0.25, -0.2) is 0 Å². The monoisotopic (exact) mass is 160 g/mol. The van der Waals surface area contributed by atoms with Crippen LogP contribution in [0.15, 0.2) is 0 Å². The van der Waals surface area contributed by atoms with E-state index in [9.17, 15) is 5.11 Å². The molecule has 1 heterocycles. The van der Waals surface area contributed by atoms with Crippen LogP contribution in [0.5, 0.6) is 0 Å². The summed E-state index contributed by atoms with van der Waals surface area (Å²) in [6, 6.07) is -0.119. The molecule has 1 aliphatic rings. The molecule has 0 saturated carbocycles. The van der Waals surface area contributed by atoms with Crippen molar-refractivity contribution in [2.75, 3.05) is 6.54 Å². The van der Waals surface area contributed by atoms with Crippen molar-refractivity contribution in [1.29, 1.82) is 0 Å². The van der Waals surface area contributed by atoms with Crippen LogP contribution in [0, 0.1) is 0 Å². The Morgan fingerprint density at radius 3 is 2.82 bits per heavy atom. The Morgan fingerprint density at radius 1 is 1.64 bits per heavy atom. The first-order chi connectivity index (χ1) is 5.15. The second-order valence-corrected chi connectivity index (χ2v) is 3.08. The Hall–Kier alpha value is -0.160. The van der Waals surface area contributed by atoms with Gasteiger partial charge in [0.15, 0.2) is 0 Å². The summed E-state index contributed by atoms with van der Waals surface area (Å²) in [5.74, 6) is 0. The molecule has 1 fully saturated rings. The zero-order valence-corrected chi connectivity index (χ0v) is 6.73. The molecule has 11 heavy (non-hydrogen) atoms. The number of hydrogen-bond donors (Lipinski definition) is 3. The Labute approximate surface area is 66.5 Å². The SMILES string of the molecule is C[C@H]1O[C@H](CN)[C@@H](N)C[C@H]1O. The average molecular weight is 160 g/mol. The van der Waals surface area contributed by atoms with Crippen LogP contribution in [0.25, 0.3) is 0 Å². The van der Waals surface area contributed by atoms with Gasteiger partial charge in [0, 0.05) is 12.6 Å². The lowest BCUT2D eigenvalue weighted by Crippen LogP contribution is -2.52. The molecule has 1 rings (SSSR count). The van der Waals surface area contributed by atoms with Crippen LogP contribution in [-0.4, -0.2) is 36.0 Å². The molecule has 5 N–H and O–H groups in total. The third kappa shape index (κ3) is 1.90. The highest BCUT2D eigenvalue weighted by Crippen LogP contribution is 2.17. The molecule has 0 radical (unpaired) electrons. The smallest absolute Gasteiger partial charge is 0.0853 e. The Kier molecular flexibility index (Phi) is 2.84. The zero-order valence-electron chi connectivity index (χ0n) is 6.73. The number of ether oxygens (including phenoxy) is 1. The fraction of sp³-hybridized carbons (Fsp3) is 1.00. The van der Waals surface area contributed by atoms with Crippen LogP contribution in [0.4, 0.5) is 0 Å². The van der Waals surface area contributed by atoms with E-state index in [0.717, 1.165) is 0 Å². The molecular weight excluding hydrogens is 144 g/mol. The minimum atomic E-state index is -0.437. The number of hydrogen-bond acceptors (Lipinski definition) is 4. The number of aliphatic hydroxyl groups is 1. The molecule has 66 valence electrons. The summed E-state index contributed by atoms with van der Waals surface area (Å²) in [7, 11) is 0. The van der Waals surface area contributed by atoms with E-state index in [1.807, 2.05) is 6.92 Å².